The van der Waals surface area contributed by atoms with Crippen LogP contribution >= 0.6 is 50.1 Å². The van der Waals surface area contributed by atoms with Crippen molar-refractivity contribution in [3.05, 3.63) is 31.2 Å². The Morgan fingerprint density at radius 1 is 1.50 bits per heavy atom. The summed E-state index contributed by atoms with van der Waals surface area (Å²) in [5.74, 6) is 1.12. The summed E-state index contributed by atoms with van der Waals surface area (Å²) in [6.45, 7) is 2.03. The second-order valence-electron chi connectivity index (χ2n) is 3.05. The summed E-state index contributed by atoms with van der Waals surface area (Å²) in [7, 11) is 0. The van der Waals surface area contributed by atoms with E-state index in [1.165, 1.54) is 0 Å². The largest absolute Gasteiger partial charge is 0.460 e. The molecule has 0 bridgehead atoms. The average molecular weight is 413 g/mol. The van der Waals surface area contributed by atoms with Gasteiger partial charge in [0, 0.05) is 0 Å². The number of halogens is 3. The molecule has 0 unspecified atom stereocenters. The molecule has 0 aliphatic heterocycles. The number of hydrogen-bond donors (Lipinski definition) is 0. The lowest BCUT2D eigenvalue weighted by Crippen LogP contribution is -1.99. The fraction of sp³-hybridized carbons (Fsp3) is 0.200. The fourth-order valence-corrected chi connectivity index (χ4v) is 2.44. The topological polar surface area (TPSA) is 38.9 Å². The second-order valence-corrected chi connectivity index (χ2v) is 5.34. The molecule has 2 rings (SSSR count). The zero-order valence-electron chi connectivity index (χ0n) is 8.30. The highest BCUT2D eigenvalue weighted by molar-refractivity contribution is 14.1. The Kier molecular flexibility index (Phi) is 3.86. The van der Waals surface area contributed by atoms with Gasteiger partial charge in [-0.1, -0.05) is 18.5 Å². The van der Waals surface area contributed by atoms with Crippen molar-refractivity contribution in [3.8, 4) is 11.6 Å². The Bertz CT molecular complexity index is 530. The third-order valence-corrected chi connectivity index (χ3v) is 4.38. The van der Waals surface area contributed by atoms with E-state index in [0.717, 1.165) is 20.2 Å². The van der Waals surface area contributed by atoms with Crippen LogP contribution in [0.2, 0.25) is 5.15 Å². The molecule has 16 heavy (non-hydrogen) atoms. The first-order chi connectivity index (χ1) is 7.63. The van der Waals surface area contributed by atoms with Crippen LogP contribution in [0.3, 0.4) is 0 Å². The van der Waals surface area contributed by atoms with Crippen LogP contribution in [0.1, 0.15) is 12.6 Å². The highest BCUT2D eigenvalue weighted by Crippen LogP contribution is 2.29. The summed E-state index contributed by atoms with van der Waals surface area (Å²) >= 11 is 11.6. The molecule has 0 radical (unpaired) electrons. The van der Waals surface area contributed by atoms with E-state index >= 15 is 0 Å². The molecule has 0 fully saturated rings. The number of hydrogen-bond acceptors (Lipinski definition) is 3. The minimum Gasteiger partial charge on any atom is -0.460 e. The van der Waals surface area contributed by atoms with Gasteiger partial charge in [-0.15, -0.1) is 0 Å². The van der Waals surface area contributed by atoms with Crippen molar-refractivity contribution in [1.82, 2.24) is 9.97 Å². The first kappa shape index (κ1) is 12.3. The molecule has 0 aliphatic rings. The van der Waals surface area contributed by atoms with Gasteiger partial charge in [-0.25, -0.2) is 9.97 Å². The van der Waals surface area contributed by atoms with Gasteiger partial charge in [-0.2, -0.15) is 0 Å². The van der Waals surface area contributed by atoms with Crippen molar-refractivity contribution in [2.75, 3.05) is 0 Å². The molecule has 0 saturated carbocycles. The standard InChI is InChI=1S/C10H7BrClIN2O/c1-2-6-7(13)9(12)15-10(14-6)8-5(11)3-4-16-8/h3-4H,2H2,1H3. The Balaban J connectivity index is 2.59. The summed E-state index contributed by atoms with van der Waals surface area (Å²) in [4.78, 5) is 8.64. The molecule has 0 aromatic carbocycles. The molecular weight excluding hydrogens is 406 g/mol. The summed E-state index contributed by atoms with van der Waals surface area (Å²) in [5, 5.41) is 0.464. The number of furan rings is 1. The van der Waals surface area contributed by atoms with E-state index in [0.29, 0.717) is 16.7 Å². The first-order valence-corrected chi connectivity index (χ1v) is 6.83. The smallest absolute Gasteiger partial charge is 0.198 e. The fourth-order valence-electron chi connectivity index (χ4n) is 1.25. The van der Waals surface area contributed by atoms with Crippen LogP contribution in [0.15, 0.2) is 21.2 Å². The highest BCUT2D eigenvalue weighted by atomic mass is 127. The van der Waals surface area contributed by atoms with Crippen molar-refractivity contribution in [3.63, 3.8) is 0 Å². The number of aryl methyl sites for hydroxylation is 1. The van der Waals surface area contributed by atoms with Crippen LogP contribution in [0, 0.1) is 3.57 Å². The quantitative estimate of drug-likeness (QED) is 0.544. The van der Waals surface area contributed by atoms with E-state index < -0.39 is 0 Å². The van der Waals surface area contributed by atoms with E-state index in [1.807, 2.05) is 6.92 Å². The molecule has 0 atom stereocenters. The van der Waals surface area contributed by atoms with Crippen molar-refractivity contribution < 1.29 is 4.42 Å². The van der Waals surface area contributed by atoms with Crippen molar-refractivity contribution in [2.45, 2.75) is 13.3 Å². The molecule has 3 nitrogen and oxygen atoms in total. The van der Waals surface area contributed by atoms with E-state index in [-0.39, 0.29) is 0 Å². The van der Waals surface area contributed by atoms with Crippen LogP contribution in [-0.2, 0) is 6.42 Å². The Morgan fingerprint density at radius 3 is 2.81 bits per heavy atom. The minimum atomic E-state index is 0.464. The Morgan fingerprint density at radius 2 is 2.25 bits per heavy atom. The summed E-state index contributed by atoms with van der Waals surface area (Å²) in [5.41, 5.74) is 0.930. The molecule has 2 aromatic rings. The predicted octanol–water partition coefficient (Wildman–Crippen LogP) is 4.32. The maximum Gasteiger partial charge on any atom is 0.198 e. The molecule has 0 spiro atoms. The predicted molar refractivity (Wildman–Crippen MR) is 74.5 cm³/mol. The second kappa shape index (κ2) is 5.01. The maximum absolute atomic E-state index is 6.05. The first-order valence-electron chi connectivity index (χ1n) is 4.58. The molecule has 0 aliphatic carbocycles. The van der Waals surface area contributed by atoms with Crippen LogP contribution < -0.4 is 0 Å². The molecule has 6 heteroatoms. The normalized spacial score (nSPS) is 10.8. The molecule has 0 amide bonds. The van der Waals surface area contributed by atoms with Crippen LogP contribution in [-0.4, -0.2) is 9.97 Å². The van der Waals surface area contributed by atoms with E-state index in [2.05, 4.69) is 48.5 Å². The van der Waals surface area contributed by atoms with Crippen LogP contribution in [0.4, 0.5) is 0 Å². The zero-order valence-corrected chi connectivity index (χ0v) is 12.8. The van der Waals surface area contributed by atoms with Crippen molar-refractivity contribution >= 4 is 50.1 Å². The van der Waals surface area contributed by atoms with Crippen molar-refractivity contribution in [1.29, 1.82) is 0 Å². The monoisotopic (exact) mass is 412 g/mol. The number of nitrogens with zero attached hydrogens (tertiary/aromatic N) is 2. The highest BCUT2D eigenvalue weighted by Gasteiger charge is 2.15. The third-order valence-electron chi connectivity index (χ3n) is 2.03. The number of aromatic nitrogens is 2. The van der Waals surface area contributed by atoms with Gasteiger partial charge in [-0.3, -0.25) is 0 Å². The van der Waals surface area contributed by atoms with Gasteiger partial charge in [0.05, 0.1) is 20.0 Å². The van der Waals surface area contributed by atoms with E-state index in [1.54, 1.807) is 12.3 Å². The molecule has 0 N–H and O–H groups in total. The van der Waals surface area contributed by atoms with Crippen molar-refractivity contribution in [2.24, 2.45) is 0 Å². The zero-order chi connectivity index (χ0) is 11.7. The SMILES string of the molecule is CCc1nc(-c2occc2Br)nc(Cl)c1I. The summed E-state index contributed by atoms with van der Waals surface area (Å²) in [6.07, 6.45) is 2.39. The van der Waals surface area contributed by atoms with Gasteiger partial charge in [-0.05, 0) is 51.0 Å². The summed E-state index contributed by atoms with van der Waals surface area (Å²) < 4.78 is 7.03. The maximum atomic E-state index is 6.05. The minimum absolute atomic E-state index is 0.464. The van der Waals surface area contributed by atoms with E-state index in [9.17, 15) is 0 Å². The van der Waals surface area contributed by atoms with Gasteiger partial charge >= 0.3 is 0 Å². The van der Waals surface area contributed by atoms with Gasteiger partial charge in [0.1, 0.15) is 5.15 Å². The Hall–Kier alpha value is -0.140. The lowest BCUT2D eigenvalue weighted by molar-refractivity contribution is 0.575. The average Bonchev–Trinajstić information content (AvgIpc) is 2.68. The number of rotatable bonds is 2. The van der Waals surface area contributed by atoms with Gasteiger partial charge in [0.2, 0.25) is 0 Å². The molecule has 2 aromatic heterocycles. The lowest BCUT2D eigenvalue weighted by Gasteiger charge is -2.05. The van der Waals surface area contributed by atoms with Crippen LogP contribution in [0.5, 0.6) is 0 Å². The van der Waals surface area contributed by atoms with Crippen LogP contribution in [0.25, 0.3) is 11.6 Å². The lowest BCUT2D eigenvalue weighted by atomic mass is 10.3. The van der Waals surface area contributed by atoms with Gasteiger partial charge in [0.25, 0.3) is 0 Å². The molecule has 2 heterocycles. The molecule has 84 valence electrons. The van der Waals surface area contributed by atoms with E-state index in [4.69, 9.17) is 16.0 Å². The third kappa shape index (κ3) is 2.26. The summed E-state index contributed by atoms with van der Waals surface area (Å²) in [6, 6.07) is 1.80. The van der Waals surface area contributed by atoms with Gasteiger partial charge in [0.15, 0.2) is 11.6 Å². The molecular formula is C10H7BrClIN2O. The Labute approximate surface area is 120 Å². The van der Waals surface area contributed by atoms with Gasteiger partial charge < -0.3 is 4.42 Å². The molecule has 0 saturated heterocycles.